The highest BCUT2D eigenvalue weighted by atomic mass is 32.2. The smallest absolute Gasteiger partial charge is 0.272 e. The highest BCUT2D eigenvalue weighted by Gasteiger charge is 2.21. The van der Waals surface area contributed by atoms with Crippen molar-refractivity contribution in [2.75, 3.05) is 52.6 Å². The average Bonchev–Trinajstić information content (AvgIpc) is 2.80. The SMILES string of the molecule is CN(C)S(=O)(=O)CCCN1CCCN(C(=O)c2ccccn2)CC1. The number of amides is 1. The molecule has 0 aliphatic carbocycles. The molecule has 2 rings (SSSR count). The van der Waals surface area contributed by atoms with E-state index in [0.29, 0.717) is 25.2 Å². The highest BCUT2D eigenvalue weighted by Crippen LogP contribution is 2.08. The monoisotopic (exact) mass is 354 g/mol. The molecule has 1 aromatic heterocycles. The number of rotatable bonds is 6. The van der Waals surface area contributed by atoms with Gasteiger partial charge in [-0.25, -0.2) is 12.7 Å². The van der Waals surface area contributed by atoms with Crippen molar-refractivity contribution in [3.05, 3.63) is 30.1 Å². The second-order valence-corrected chi connectivity index (χ2v) is 8.46. The Labute approximate surface area is 144 Å². The van der Waals surface area contributed by atoms with Gasteiger partial charge in [0.05, 0.1) is 5.75 Å². The van der Waals surface area contributed by atoms with Crippen LogP contribution in [0.3, 0.4) is 0 Å². The minimum atomic E-state index is -3.13. The van der Waals surface area contributed by atoms with Gasteiger partial charge in [-0.15, -0.1) is 0 Å². The summed E-state index contributed by atoms with van der Waals surface area (Å²) < 4.78 is 24.8. The van der Waals surface area contributed by atoms with Gasteiger partial charge in [0.1, 0.15) is 5.69 Å². The van der Waals surface area contributed by atoms with Gasteiger partial charge in [-0.3, -0.25) is 9.78 Å². The molecule has 134 valence electrons. The van der Waals surface area contributed by atoms with Crippen LogP contribution in [0.4, 0.5) is 0 Å². The molecule has 0 N–H and O–H groups in total. The summed E-state index contributed by atoms with van der Waals surface area (Å²) in [4.78, 5) is 20.6. The molecule has 1 saturated heterocycles. The molecule has 0 saturated carbocycles. The van der Waals surface area contributed by atoms with E-state index in [9.17, 15) is 13.2 Å². The van der Waals surface area contributed by atoms with E-state index in [1.807, 2.05) is 11.0 Å². The Morgan fingerprint density at radius 1 is 1.21 bits per heavy atom. The summed E-state index contributed by atoms with van der Waals surface area (Å²) in [6.45, 7) is 3.74. The third kappa shape index (κ3) is 5.25. The van der Waals surface area contributed by atoms with Crippen LogP contribution in [0.2, 0.25) is 0 Å². The standard InChI is InChI=1S/C16H26N4O3S/c1-18(2)24(22,23)14-6-10-19-9-5-11-20(13-12-19)16(21)15-7-3-4-8-17-15/h3-4,7-8H,5-6,9-14H2,1-2H3. The Morgan fingerprint density at radius 2 is 2.00 bits per heavy atom. The molecule has 1 aromatic rings. The van der Waals surface area contributed by atoms with Crippen LogP contribution in [0.5, 0.6) is 0 Å². The van der Waals surface area contributed by atoms with Gasteiger partial charge in [0.15, 0.2) is 0 Å². The van der Waals surface area contributed by atoms with Crippen LogP contribution in [-0.4, -0.2) is 86.0 Å². The zero-order valence-corrected chi connectivity index (χ0v) is 15.2. The molecule has 0 unspecified atom stereocenters. The maximum Gasteiger partial charge on any atom is 0.272 e. The van der Waals surface area contributed by atoms with Gasteiger partial charge >= 0.3 is 0 Å². The normalized spacial score (nSPS) is 17.0. The number of hydrogen-bond acceptors (Lipinski definition) is 5. The minimum absolute atomic E-state index is 0.0346. The van der Waals surface area contributed by atoms with Crippen LogP contribution in [0.1, 0.15) is 23.3 Å². The molecule has 2 heterocycles. The average molecular weight is 354 g/mol. The fourth-order valence-electron chi connectivity index (χ4n) is 2.70. The second-order valence-electron chi connectivity index (χ2n) is 6.15. The first-order valence-electron chi connectivity index (χ1n) is 8.23. The van der Waals surface area contributed by atoms with Crippen molar-refractivity contribution in [3.63, 3.8) is 0 Å². The van der Waals surface area contributed by atoms with Crippen molar-refractivity contribution in [1.29, 1.82) is 0 Å². The van der Waals surface area contributed by atoms with Crippen LogP contribution < -0.4 is 0 Å². The molecule has 1 aliphatic heterocycles. The van der Waals surface area contributed by atoms with E-state index in [2.05, 4.69) is 9.88 Å². The number of nitrogens with zero attached hydrogens (tertiary/aromatic N) is 4. The van der Waals surface area contributed by atoms with Crippen molar-refractivity contribution >= 4 is 15.9 Å². The Morgan fingerprint density at radius 3 is 2.67 bits per heavy atom. The lowest BCUT2D eigenvalue weighted by Crippen LogP contribution is -2.36. The predicted octanol–water partition coefficient (Wildman–Crippen LogP) is 0.511. The summed E-state index contributed by atoms with van der Waals surface area (Å²) in [6.07, 6.45) is 3.12. The number of hydrogen-bond donors (Lipinski definition) is 0. The van der Waals surface area contributed by atoms with Crippen molar-refractivity contribution in [2.45, 2.75) is 12.8 Å². The van der Waals surface area contributed by atoms with Gasteiger partial charge < -0.3 is 9.80 Å². The number of pyridine rings is 1. The van der Waals surface area contributed by atoms with E-state index in [1.165, 1.54) is 4.31 Å². The zero-order valence-electron chi connectivity index (χ0n) is 14.4. The van der Waals surface area contributed by atoms with Gasteiger partial charge in [0.25, 0.3) is 5.91 Å². The molecular weight excluding hydrogens is 328 g/mol. The van der Waals surface area contributed by atoms with Crippen LogP contribution in [0.25, 0.3) is 0 Å². The molecule has 8 heteroatoms. The van der Waals surface area contributed by atoms with E-state index in [0.717, 1.165) is 26.1 Å². The van der Waals surface area contributed by atoms with Crippen LogP contribution >= 0.6 is 0 Å². The van der Waals surface area contributed by atoms with Crippen LogP contribution in [0, 0.1) is 0 Å². The highest BCUT2D eigenvalue weighted by molar-refractivity contribution is 7.89. The van der Waals surface area contributed by atoms with E-state index < -0.39 is 10.0 Å². The molecule has 1 fully saturated rings. The maximum absolute atomic E-state index is 12.4. The van der Waals surface area contributed by atoms with Crippen LogP contribution in [-0.2, 0) is 10.0 Å². The van der Waals surface area contributed by atoms with Gasteiger partial charge in [-0.2, -0.15) is 0 Å². The number of carbonyl (C=O) groups is 1. The van der Waals surface area contributed by atoms with E-state index in [4.69, 9.17) is 0 Å². The zero-order chi connectivity index (χ0) is 17.6. The molecule has 0 spiro atoms. The summed E-state index contributed by atoms with van der Waals surface area (Å²) in [6, 6.07) is 5.34. The Kier molecular flexibility index (Phi) is 6.70. The van der Waals surface area contributed by atoms with Crippen molar-refractivity contribution in [2.24, 2.45) is 0 Å². The molecule has 24 heavy (non-hydrogen) atoms. The van der Waals surface area contributed by atoms with Crippen molar-refractivity contribution in [3.8, 4) is 0 Å². The maximum atomic E-state index is 12.4. The summed E-state index contributed by atoms with van der Waals surface area (Å²) in [5, 5.41) is 0. The minimum Gasteiger partial charge on any atom is -0.336 e. The predicted molar refractivity (Wildman–Crippen MR) is 93.3 cm³/mol. The lowest BCUT2D eigenvalue weighted by molar-refractivity contribution is 0.0755. The van der Waals surface area contributed by atoms with Gasteiger partial charge in [-0.05, 0) is 38.1 Å². The molecule has 0 radical (unpaired) electrons. The van der Waals surface area contributed by atoms with Gasteiger partial charge in [-0.1, -0.05) is 6.07 Å². The number of aromatic nitrogens is 1. The second kappa shape index (κ2) is 8.55. The van der Waals surface area contributed by atoms with Gasteiger partial charge in [0.2, 0.25) is 10.0 Å². The van der Waals surface area contributed by atoms with Crippen molar-refractivity contribution < 1.29 is 13.2 Å². The first-order chi connectivity index (χ1) is 11.4. The third-order valence-electron chi connectivity index (χ3n) is 4.19. The Hall–Kier alpha value is -1.51. The molecular formula is C16H26N4O3S. The quantitative estimate of drug-likeness (QED) is 0.744. The Balaban J connectivity index is 1.81. The molecule has 1 aliphatic rings. The third-order valence-corrected chi connectivity index (χ3v) is 6.11. The molecule has 0 aromatic carbocycles. The summed E-state index contributed by atoms with van der Waals surface area (Å²) in [5.74, 6) is 0.125. The van der Waals surface area contributed by atoms with Crippen molar-refractivity contribution in [1.82, 2.24) is 19.1 Å². The molecule has 1 amide bonds. The fraction of sp³-hybridized carbons (Fsp3) is 0.625. The summed E-state index contributed by atoms with van der Waals surface area (Å²) in [7, 11) is -0.0187. The topological polar surface area (TPSA) is 73.8 Å². The lowest BCUT2D eigenvalue weighted by Gasteiger charge is -2.22. The molecule has 0 bridgehead atoms. The number of sulfonamides is 1. The number of carbonyl (C=O) groups excluding carboxylic acids is 1. The molecule has 0 atom stereocenters. The van der Waals surface area contributed by atoms with E-state index in [-0.39, 0.29) is 11.7 Å². The van der Waals surface area contributed by atoms with E-state index in [1.54, 1.807) is 32.4 Å². The Bertz CT molecular complexity index is 634. The first-order valence-corrected chi connectivity index (χ1v) is 9.84. The summed E-state index contributed by atoms with van der Waals surface area (Å²) >= 11 is 0. The largest absolute Gasteiger partial charge is 0.336 e. The fourth-order valence-corrected chi connectivity index (χ4v) is 3.56. The van der Waals surface area contributed by atoms with Crippen LogP contribution in [0.15, 0.2) is 24.4 Å². The first kappa shape index (κ1) is 18.8. The van der Waals surface area contributed by atoms with E-state index >= 15 is 0 Å². The molecule has 7 nitrogen and oxygen atoms in total. The lowest BCUT2D eigenvalue weighted by atomic mass is 10.3. The van der Waals surface area contributed by atoms with Gasteiger partial charge in [0, 0.05) is 39.9 Å². The summed E-state index contributed by atoms with van der Waals surface area (Å²) in [5.41, 5.74) is 0.475.